The molecule has 0 aliphatic heterocycles. The summed E-state index contributed by atoms with van der Waals surface area (Å²) in [5.74, 6) is 0. The van der Waals surface area contributed by atoms with Crippen LogP contribution in [-0.2, 0) is 0 Å². The zero-order chi connectivity index (χ0) is 10.8. The average molecular weight is 201 g/mol. The molecule has 1 rings (SSSR count). The average Bonchev–Trinajstić information content (AvgIpc) is 2.52. The van der Waals surface area contributed by atoms with Crippen molar-refractivity contribution in [2.75, 3.05) is 20.2 Å². The monoisotopic (exact) mass is 201 g/mol. The van der Waals surface area contributed by atoms with Crippen molar-refractivity contribution in [2.24, 2.45) is 0 Å². The van der Waals surface area contributed by atoms with E-state index in [-0.39, 0.29) is 12.1 Å². The highest BCUT2D eigenvalue weighted by atomic mass is 16.3. The summed E-state index contributed by atoms with van der Waals surface area (Å²) in [4.78, 5) is 2.05. The fraction of sp³-hybridized carbons (Fsp3) is 1.00. The van der Waals surface area contributed by atoms with Gasteiger partial charge in [0, 0.05) is 12.1 Å². The molecule has 1 saturated carbocycles. The number of nitrogens with zero attached hydrogens (tertiary/aromatic N) is 1. The third-order valence-electron chi connectivity index (χ3n) is 3.49. The lowest BCUT2D eigenvalue weighted by Crippen LogP contribution is -2.51. The molecule has 0 bridgehead atoms. The predicted octanol–water partition coefficient (Wildman–Crippen LogP) is 0.994. The van der Waals surface area contributed by atoms with E-state index in [4.69, 9.17) is 0 Å². The van der Waals surface area contributed by atoms with E-state index in [1.54, 1.807) is 0 Å². The minimum atomic E-state index is -0.513. The third-order valence-corrected chi connectivity index (χ3v) is 3.49. The molecule has 0 saturated heterocycles. The molecule has 84 valence electrons. The number of aliphatic hydroxyl groups is 2. The van der Waals surface area contributed by atoms with Gasteiger partial charge in [-0.1, -0.05) is 12.8 Å². The summed E-state index contributed by atoms with van der Waals surface area (Å²) < 4.78 is 0. The first-order chi connectivity index (χ1) is 6.40. The first kappa shape index (κ1) is 12.0. The molecule has 2 N–H and O–H groups in total. The lowest BCUT2D eigenvalue weighted by Gasteiger charge is -2.38. The Balaban J connectivity index is 2.51. The summed E-state index contributed by atoms with van der Waals surface area (Å²) in [5, 5.41) is 19.4. The van der Waals surface area contributed by atoms with Gasteiger partial charge in [0.2, 0.25) is 0 Å². The van der Waals surface area contributed by atoms with Crippen molar-refractivity contribution >= 4 is 0 Å². The Hall–Kier alpha value is -0.120. The molecule has 0 radical (unpaired) electrons. The van der Waals surface area contributed by atoms with Gasteiger partial charge in [-0.2, -0.15) is 0 Å². The Kier molecular flexibility index (Phi) is 3.56. The van der Waals surface area contributed by atoms with Crippen molar-refractivity contribution in [2.45, 2.75) is 50.7 Å². The van der Waals surface area contributed by atoms with Crippen molar-refractivity contribution in [3.05, 3.63) is 0 Å². The molecule has 1 aliphatic carbocycles. The lowest BCUT2D eigenvalue weighted by atomic mass is 9.97. The first-order valence-electron chi connectivity index (χ1n) is 5.44. The van der Waals surface area contributed by atoms with E-state index in [1.807, 2.05) is 20.9 Å². The number of β-amino-alcohol motifs (C(OH)–C–C–N with tert-alkyl or cyclic N) is 1. The molecule has 1 fully saturated rings. The van der Waals surface area contributed by atoms with E-state index in [0.29, 0.717) is 6.54 Å². The molecule has 0 atom stereocenters. The van der Waals surface area contributed by atoms with Crippen LogP contribution in [0.1, 0.15) is 39.5 Å². The maximum atomic E-state index is 10.2. The maximum Gasteiger partial charge on any atom is 0.0774 e. The predicted molar refractivity (Wildman–Crippen MR) is 57.2 cm³/mol. The van der Waals surface area contributed by atoms with Crippen LogP contribution in [0.2, 0.25) is 0 Å². The van der Waals surface area contributed by atoms with E-state index in [1.165, 1.54) is 0 Å². The van der Waals surface area contributed by atoms with Gasteiger partial charge in [0.15, 0.2) is 0 Å². The van der Waals surface area contributed by atoms with Crippen molar-refractivity contribution < 1.29 is 10.2 Å². The Morgan fingerprint density at radius 3 is 2.21 bits per heavy atom. The summed E-state index contributed by atoms with van der Waals surface area (Å²) in [6.07, 6.45) is 4.06. The Labute approximate surface area is 86.7 Å². The minimum absolute atomic E-state index is 0.125. The zero-order valence-electron chi connectivity index (χ0n) is 9.58. The molecule has 1 aliphatic rings. The molecular weight excluding hydrogens is 178 g/mol. The highest BCUT2D eigenvalue weighted by molar-refractivity contribution is 4.90. The van der Waals surface area contributed by atoms with Gasteiger partial charge in [-0.15, -0.1) is 0 Å². The van der Waals surface area contributed by atoms with Crippen LogP contribution < -0.4 is 0 Å². The van der Waals surface area contributed by atoms with Crippen LogP contribution in [-0.4, -0.2) is 46.5 Å². The number of hydrogen-bond donors (Lipinski definition) is 2. The van der Waals surface area contributed by atoms with Crippen LogP contribution in [0.3, 0.4) is 0 Å². The Morgan fingerprint density at radius 1 is 1.29 bits per heavy atom. The van der Waals surface area contributed by atoms with Gasteiger partial charge >= 0.3 is 0 Å². The second-order valence-corrected chi connectivity index (χ2v) is 5.26. The third kappa shape index (κ3) is 2.69. The molecule has 14 heavy (non-hydrogen) atoms. The SMILES string of the molecule is CN(CC1(O)CCCC1)C(C)(C)CO. The van der Waals surface area contributed by atoms with E-state index >= 15 is 0 Å². The highest BCUT2D eigenvalue weighted by Crippen LogP contribution is 2.31. The van der Waals surface area contributed by atoms with Crippen LogP contribution in [0, 0.1) is 0 Å². The Morgan fingerprint density at radius 2 is 1.79 bits per heavy atom. The summed E-state index contributed by atoms with van der Waals surface area (Å²) >= 11 is 0. The van der Waals surface area contributed by atoms with Gasteiger partial charge < -0.3 is 10.2 Å². The van der Waals surface area contributed by atoms with Crippen molar-refractivity contribution in [1.29, 1.82) is 0 Å². The van der Waals surface area contributed by atoms with Crippen LogP contribution in [0.4, 0.5) is 0 Å². The summed E-state index contributed by atoms with van der Waals surface area (Å²) in [7, 11) is 1.96. The molecule has 0 aromatic heterocycles. The fourth-order valence-corrected chi connectivity index (χ4v) is 1.97. The zero-order valence-corrected chi connectivity index (χ0v) is 9.58. The first-order valence-corrected chi connectivity index (χ1v) is 5.44. The van der Waals surface area contributed by atoms with Crippen LogP contribution in [0.5, 0.6) is 0 Å². The maximum absolute atomic E-state index is 10.2. The van der Waals surface area contributed by atoms with Gasteiger partial charge in [0.05, 0.1) is 12.2 Å². The van der Waals surface area contributed by atoms with Crippen molar-refractivity contribution in [3.63, 3.8) is 0 Å². The largest absolute Gasteiger partial charge is 0.394 e. The molecule has 0 amide bonds. The number of likely N-dealkylation sites (N-methyl/N-ethyl adjacent to an activating group) is 1. The molecule has 0 spiro atoms. The van der Waals surface area contributed by atoms with E-state index in [9.17, 15) is 10.2 Å². The second-order valence-electron chi connectivity index (χ2n) is 5.26. The standard InChI is InChI=1S/C11H23NO2/c1-10(2,9-13)12(3)8-11(14)6-4-5-7-11/h13-14H,4-9H2,1-3H3. The number of aliphatic hydroxyl groups excluding tert-OH is 1. The summed E-state index contributed by atoms with van der Waals surface area (Å²) in [6.45, 7) is 4.77. The van der Waals surface area contributed by atoms with Crippen molar-refractivity contribution in [3.8, 4) is 0 Å². The normalized spacial score (nSPS) is 21.9. The van der Waals surface area contributed by atoms with E-state index in [2.05, 4.69) is 4.90 Å². The molecule has 0 unspecified atom stereocenters. The van der Waals surface area contributed by atoms with E-state index < -0.39 is 5.60 Å². The van der Waals surface area contributed by atoms with Crippen LogP contribution >= 0.6 is 0 Å². The Bertz CT molecular complexity index is 186. The quantitative estimate of drug-likeness (QED) is 0.713. The number of hydrogen-bond acceptors (Lipinski definition) is 3. The molecule has 3 heteroatoms. The second kappa shape index (κ2) is 4.17. The lowest BCUT2D eigenvalue weighted by molar-refractivity contribution is -0.0236. The van der Waals surface area contributed by atoms with Gasteiger partial charge in [0.1, 0.15) is 0 Å². The van der Waals surface area contributed by atoms with E-state index in [0.717, 1.165) is 25.7 Å². The van der Waals surface area contributed by atoms with Crippen molar-refractivity contribution in [1.82, 2.24) is 4.90 Å². The smallest absolute Gasteiger partial charge is 0.0774 e. The molecule has 3 nitrogen and oxygen atoms in total. The number of rotatable bonds is 4. The van der Waals surface area contributed by atoms with Crippen LogP contribution in [0.25, 0.3) is 0 Å². The fourth-order valence-electron chi connectivity index (χ4n) is 1.97. The highest BCUT2D eigenvalue weighted by Gasteiger charge is 2.35. The van der Waals surface area contributed by atoms with Gasteiger partial charge in [0.25, 0.3) is 0 Å². The summed E-state index contributed by atoms with van der Waals surface area (Å²) in [5.41, 5.74) is -0.750. The molecule has 0 aromatic rings. The molecular formula is C11H23NO2. The topological polar surface area (TPSA) is 43.7 Å². The summed E-state index contributed by atoms with van der Waals surface area (Å²) in [6, 6.07) is 0. The van der Waals surface area contributed by atoms with Gasteiger partial charge in [-0.25, -0.2) is 0 Å². The van der Waals surface area contributed by atoms with Gasteiger partial charge in [-0.05, 0) is 33.7 Å². The molecule has 0 heterocycles. The molecule has 0 aromatic carbocycles. The minimum Gasteiger partial charge on any atom is -0.394 e. The van der Waals surface area contributed by atoms with Gasteiger partial charge in [-0.3, -0.25) is 4.90 Å². The van der Waals surface area contributed by atoms with Crippen LogP contribution in [0.15, 0.2) is 0 Å².